The van der Waals surface area contributed by atoms with E-state index >= 15 is 0 Å². The number of hydrogen-bond donors (Lipinski definition) is 2. The molecule has 0 bridgehead atoms. The molecule has 0 spiro atoms. The number of carbonyl (C=O) groups is 1. The van der Waals surface area contributed by atoms with Gasteiger partial charge in [-0.1, -0.05) is 36.8 Å². The molecular weight excluding hydrogens is 244 g/mol. The minimum Gasteiger partial charge on any atom is -0.393 e. The van der Waals surface area contributed by atoms with Gasteiger partial charge in [0.05, 0.1) is 4.99 Å². The normalized spacial score (nSPS) is 22.7. The number of benzene rings is 1. The van der Waals surface area contributed by atoms with Gasteiger partial charge in [0, 0.05) is 17.5 Å². The Labute approximate surface area is 113 Å². The first-order chi connectivity index (χ1) is 8.59. The smallest absolute Gasteiger partial charge is 0.251 e. The fourth-order valence-corrected chi connectivity index (χ4v) is 2.83. The van der Waals surface area contributed by atoms with E-state index < -0.39 is 0 Å². The predicted molar refractivity (Wildman–Crippen MR) is 76.6 cm³/mol. The zero-order valence-corrected chi connectivity index (χ0v) is 11.3. The average Bonchev–Trinajstić information content (AvgIpc) is 2.77. The first-order valence-electron chi connectivity index (χ1n) is 6.25. The molecule has 4 heteroatoms. The Morgan fingerprint density at radius 1 is 1.39 bits per heavy atom. The van der Waals surface area contributed by atoms with Crippen molar-refractivity contribution in [3.05, 3.63) is 35.4 Å². The van der Waals surface area contributed by atoms with Crippen molar-refractivity contribution < 1.29 is 4.79 Å². The maximum atomic E-state index is 12.2. The quantitative estimate of drug-likeness (QED) is 0.821. The van der Waals surface area contributed by atoms with Crippen LogP contribution < -0.4 is 11.1 Å². The van der Waals surface area contributed by atoms with Crippen molar-refractivity contribution in [2.75, 3.05) is 0 Å². The summed E-state index contributed by atoms with van der Waals surface area (Å²) in [6, 6.07) is 7.68. The lowest BCUT2D eigenvalue weighted by atomic mass is 10.0. The third-order valence-corrected chi connectivity index (χ3v) is 3.89. The van der Waals surface area contributed by atoms with Crippen molar-refractivity contribution in [2.24, 2.45) is 11.7 Å². The molecule has 1 aromatic rings. The molecular formula is C14H18N2OS. The maximum absolute atomic E-state index is 12.2. The van der Waals surface area contributed by atoms with Gasteiger partial charge in [0.25, 0.3) is 5.91 Å². The molecule has 3 nitrogen and oxygen atoms in total. The van der Waals surface area contributed by atoms with Crippen LogP contribution in [0.3, 0.4) is 0 Å². The summed E-state index contributed by atoms with van der Waals surface area (Å²) < 4.78 is 0. The second kappa shape index (κ2) is 5.48. The average molecular weight is 262 g/mol. The molecule has 18 heavy (non-hydrogen) atoms. The topological polar surface area (TPSA) is 55.1 Å². The van der Waals surface area contributed by atoms with Crippen molar-refractivity contribution >= 4 is 23.1 Å². The van der Waals surface area contributed by atoms with Gasteiger partial charge in [-0.05, 0) is 31.4 Å². The summed E-state index contributed by atoms with van der Waals surface area (Å²) in [5, 5.41) is 3.06. The molecule has 2 rings (SSSR count). The molecule has 1 aliphatic carbocycles. The number of carbonyl (C=O) groups excluding carboxylic acids is 1. The second-order valence-corrected chi connectivity index (χ2v) is 5.31. The molecule has 1 saturated carbocycles. The number of nitrogens with one attached hydrogen (secondary N) is 1. The molecule has 1 aromatic carbocycles. The highest BCUT2D eigenvalue weighted by molar-refractivity contribution is 7.80. The number of aryl methyl sites for hydroxylation is 1. The van der Waals surface area contributed by atoms with E-state index in [0.717, 1.165) is 30.4 Å². The Hall–Kier alpha value is -1.42. The summed E-state index contributed by atoms with van der Waals surface area (Å²) in [5.41, 5.74) is 7.43. The minimum absolute atomic E-state index is 0.0266. The van der Waals surface area contributed by atoms with E-state index in [1.807, 2.05) is 31.2 Å². The van der Waals surface area contributed by atoms with Gasteiger partial charge < -0.3 is 11.1 Å². The second-order valence-electron chi connectivity index (χ2n) is 4.83. The van der Waals surface area contributed by atoms with Crippen LogP contribution in [0, 0.1) is 12.8 Å². The van der Waals surface area contributed by atoms with E-state index in [4.69, 9.17) is 18.0 Å². The summed E-state index contributed by atoms with van der Waals surface area (Å²) >= 11 is 5.05. The monoisotopic (exact) mass is 262 g/mol. The number of amides is 1. The summed E-state index contributed by atoms with van der Waals surface area (Å²) in [5.74, 6) is 0.120. The summed E-state index contributed by atoms with van der Waals surface area (Å²) in [6.07, 6.45) is 3.01. The predicted octanol–water partition coefficient (Wildman–Crippen LogP) is 2.18. The van der Waals surface area contributed by atoms with Crippen molar-refractivity contribution in [3.63, 3.8) is 0 Å². The minimum atomic E-state index is -0.0266. The summed E-state index contributed by atoms with van der Waals surface area (Å²) in [4.78, 5) is 12.7. The van der Waals surface area contributed by atoms with E-state index in [9.17, 15) is 4.79 Å². The number of hydrogen-bond acceptors (Lipinski definition) is 2. The van der Waals surface area contributed by atoms with Crippen LogP contribution in [0.5, 0.6) is 0 Å². The Morgan fingerprint density at radius 2 is 2.11 bits per heavy atom. The lowest BCUT2D eigenvalue weighted by molar-refractivity contribution is 0.0933. The van der Waals surface area contributed by atoms with Crippen molar-refractivity contribution in [1.82, 2.24) is 5.32 Å². The van der Waals surface area contributed by atoms with Crippen LogP contribution in [0.4, 0.5) is 0 Å². The first kappa shape index (κ1) is 13.0. The van der Waals surface area contributed by atoms with E-state index in [-0.39, 0.29) is 17.9 Å². The zero-order chi connectivity index (χ0) is 13.1. The van der Waals surface area contributed by atoms with Crippen LogP contribution in [-0.4, -0.2) is 16.9 Å². The zero-order valence-electron chi connectivity index (χ0n) is 10.5. The van der Waals surface area contributed by atoms with E-state index in [2.05, 4.69) is 5.32 Å². The lowest BCUT2D eigenvalue weighted by Gasteiger charge is -2.20. The highest BCUT2D eigenvalue weighted by Gasteiger charge is 2.30. The van der Waals surface area contributed by atoms with Crippen molar-refractivity contribution in [2.45, 2.75) is 32.2 Å². The third kappa shape index (κ3) is 2.70. The van der Waals surface area contributed by atoms with Crippen LogP contribution in [0.25, 0.3) is 0 Å². The van der Waals surface area contributed by atoms with Gasteiger partial charge in [-0.2, -0.15) is 0 Å². The van der Waals surface area contributed by atoms with E-state index in [1.54, 1.807) is 0 Å². The third-order valence-electron chi connectivity index (χ3n) is 3.59. The molecule has 2 unspecified atom stereocenters. The van der Waals surface area contributed by atoms with Gasteiger partial charge in [0.15, 0.2) is 0 Å². The molecule has 96 valence electrons. The molecule has 3 N–H and O–H groups in total. The molecule has 1 aliphatic rings. The van der Waals surface area contributed by atoms with E-state index in [0.29, 0.717) is 4.99 Å². The Morgan fingerprint density at radius 3 is 2.78 bits per heavy atom. The molecule has 0 aliphatic heterocycles. The highest BCUT2D eigenvalue weighted by atomic mass is 32.1. The largest absolute Gasteiger partial charge is 0.393 e. The maximum Gasteiger partial charge on any atom is 0.251 e. The molecule has 0 heterocycles. The van der Waals surface area contributed by atoms with Gasteiger partial charge in [-0.25, -0.2) is 0 Å². The lowest BCUT2D eigenvalue weighted by Crippen LogP contribution is -2.41. The van der Waals surface area contributed by atoms with Crippen LogP contribution in [0.1, 0.15) is 35.2 Å². The molecule has 2 atom stereocenters. The summed E-state index contributed by atoms with van der Waals surface area (Å²) in [6.45, 7) is 1.94. The first-order valence-corrected chi connectivity index (χ1v) is 6.66. The van der Waals surface area contributed by atoms with E-state index in [1.165, 1.54) is 0 Å². The molecule has 0 radical (unpaired) electrons. The SMILES string of the molecule is Cc1ccccc1C(=O)NC1CCCC1C(N)=S. The molecule has 0 aromatic heterocycles. The molecule has 1 fully saturated rings. The fourth-order valence-electron chi connectivity index (χ4n) is 2.55. The number of rotatable bonds is 3. The Kier molecular flexibility index (Phi) is 3.97. The number of thiocarbonyl (C=S) groups is 1. The van der Waals surface area contributed by atoms with Crippen molar-refractivity contribution in [1.29, 1.82) is 0 Å². The van der Waals surface area contributed by atoms with Gasteiger partial charge >= 0.3 is 0 Å². The standard InChI is InChI=1S/C14H18N2OS/c1-9-5-2-3-6-10(9)14(17)16-12-8-4-7-11(12)13(15)18/h2-3,5-6,11-12H,4,7-8H2,1H3,(H2,15,18)(H,16,17). The van der Waals surface area contributed by atoms with Gasteiger partial charge in [-0.3, -0.25) is 4.79 Å². The van der Waals surface area contributed by atoms with Crippen LogP contribution in [0.15, 0.2) is 24.3 Å². The fraction of sp³-hybridized carbons (Fsp3) is 0.429. The van der Waals surface area contributed by atoms with Crippen LogP contribution in [-0.2, 0) is 0 Å². The summed E-state index contributed by atoms with van der Waals surface area (Å²) in [7, 11) is 0. The van der Waals surface area contributed by atoms with Crippen LogP contribution in [0.2, 0.25) is 0 Å². The van der Waals surface area contributed by atoms with Crippen LogP contribution >= 0.6 is 12.2 Å². The molecule has 1 amide bonds. The number of nitrogens with two attached hydrogens (primary N) is 1. The Balaban J connectivity index is 2.08. The van der Waals surface area contributed by atoms with Crippen molar-refractivity contribution in [3.8, 4) is 0 Å². The van der Waals surface area contributed by atoms with Gasteiger partial charge in [0.1, 0.15) is 0 Å². The molecule has 0 saturated heterocycles. The van der Waals surface area contributed by atoms with Gasteiger partial charge in [-0.15, -0.1) is 0 Å². The highest BCUT2D eigenvalue weighted by Crippen LogP contribution is 2.26. The van der Waals surface area contributed by atoms with Gasteiger partial charge in [0.2, 0.25) is 0 Å². The Bertz CT molecular complexity index is 473.